The molecule has 0 radical (unpaired) electrons. The number of thiocarbonyl (C=S) groups is 1. The molecule has 7 heteroatoms. The van der Waals surface area contributed by atoms with E-state index in [9.17, 15) is 0 Å². The van der Waals surface area contributed by atoms with E-state index in [1.165, 1.54) is 31.4 Å². The molecular weight excluding hydrogens is 406 g/mol. The summed E-state index contributed by atoms with van der Waals surface area (Å²) in [5, 5.41) is 4.46. The van der Waals surface area contributed by atoms with Gasteiger partial charge in [-0.25, -0.2) is 0 Å². The maximum atomic E-state index is 5.86. The van der Waals surface area contributed by atoms with Gasteiger partial charge in [-0.15, -0.1) is 0 Å². The molecule has 3 aliphatic rings. The van der Waals surface area contributed by atoms with Gasteiger partial charge >= 0.3 is 0 Å². The molecule has 1 aliphatic carbocycles. The first-order valence-corrected chi connectivity index (χ1v) is 12.2. The van der Waals surface area contributed by atoms with Gasteiger partial charge in [-0.3, -0.25) is 9.88 Å². The molecule has 4 heterocycles. The van der Waals surface area contributed by atoms with Crippen LogP contribution < -0.4 is 5.32 Å². The molecule has 2 aliphatic heterocycles. The third kappa shape index (κ3) is 4.49. The van der Waals surface area contributed by atoms with Crippen molar-refractivity contribution >= 4 is 17.3 Å². The Morgan fingerprint density at radius 1 is 1.06 bits per heavy atom. The molecule has 5 rings (SSSR count). The van der Waals surface area contributed by atoms with E-state index in [1.54, 1.807) is 0 Å². The Balaban J connectivity index is 1.39. The van der Waals surface area contributed by atoms with Crippen LogP contribution in [0.3, 0.4) is 0 Å². The van der Waals surface area contributed by atoms with E-state index in [2.05, 4.69) is 50.1 Å². The first-order chi connectivity index (χ1) is 15.3. The Bertz CT molecular complexity index is 860. The second kappa shape index (κ2) is 9.67. The number of morpholine rings is 1. The molecule has 3 fully saturated rings. The first kappa shape index (κ1) is 20.9. The van der Waals surface area contributed by atoms with Gasteiger partial charge in [0.25, 0.3) is 0 Å². The monoisotopic (exact) mass is 439 g/mol. The summed E-state index contributed by atoms with van der Waals surface area (Å²) in [7, 11) is 0. The average Bonchev–Trinajstić information content (AvgIpc) is 3.55. The third-order valence-corrected chi connectivity index (χ3v) is 7.36. The van der Waals surface area contributed by atoms with Crippen LogP contribution in [0.25, 0.3) is 0 Å². The van der Waals surface area contributed by atoms with Crippen LogP contribution in [0.5, 0.6) is 0 Å². The minimum Gasteiger partial charge on any atom is -0.379 e. The average molecular weight is 440 g/mol. The highest BCUT2D eigenvalue weighted by Gasteiger charge is 2.41. The highest BCUT2D eigenvalue weighted by atomic mass is 32.1. The summed E-state index contributed by atoms with van der Waals surface area (Å²) in [6.07, 6.45) is 10.5. The van der Waals surface area contributed by atoms with Crippen molar-refractivity contribution in [3.8, 4) is 0 Å². The van der Waals surface area contributed by atoms with Crippen molar-refractivity contribution in [3.63, 3.8) is 0 Å². The summed E-state index contributed by atoms with van der Waals surface area (Å²) in [4.78, 5) is 9.61. The van der Waals surface area contributed by atoms with Crippen LogP contribution in [-0.2, 0) is 4.74 Å². The van der Waals surface area contributed by atoms with Crippen molar-refractivity contribution in [2.75, 3.05) is 39.4 Å². The van der Waals surface area contributed by atoms with Gasteiger partial charge in [0.05, 0.1) is 31.0 Å². The van der Waals surface area contributed by atoms with Crippen molar-refractivity contribution in [1.82, 2.24) is 24.7 Å². The lowest BCUT2D eigenvalue weighted by Crippen LogP contribution is -2.39. The van der Waals surface area contributed by atoms with Gasteiger partial charge in [-0.2, -0.15) is 0 Å². The van der Waals surface area contributed by atoms with Crippen molar-refractivity contribution in [1.29, 1.82) is 0 Å². The van der Waals surface area contributed by atoms with E-state index < -0.39 is 0 Å². The number of nitrogens with one attached hydrogen (secondary N) is 1. The molecule has 2 atom stereocenters. The van der Waals surface area contributed by atoms with Gasteiger partial charge in [-0.1, -0.05) is 18.9 Å². The molecule has 0 aromatic carbocycles. The predicted octanol–water partition coefficient (Wildman–Crippen LogP) is 3.69. The Labute approximate surface area is 190 Å². The molecule has 2 aromatic rings. The molecule has 31 heavy (non-hydrogen) atoms. The van der Waals surface area contributed by atoms with Crippen molar-refractivity contribution in [3.05, 3.63) is 54.1 Å². The highest BCUT2D eigenvalue weighted by molar-refractivity contribution is 7.80. The van der Waals surface area contributed by atoms with Gasteiger partial charge < -0.3 is 19.5 Å². The summed E-state index contributed by atoms with van der Waals surface area (Å²) < 4.78 is 8.02. The zero-order valence-electron chi connectivity index (χ0n) is 18.2. The van der Waals surface area contributed by atoms with Crippen molar-refractivity contribution < 1.29 is 4.74 Å². The number of ether oxygens (including phenoxy) is 1. The Hall–Kier alpha value is -1.96. The second-order valence-corrected chi connectivity index (χ2v) is 9.29. The molecule has 1 N–H and O–H groups in total. The van der Waals surface area contributed by atoms with Crippen molar-refractivity contribution in [2.24, 2.45) is 0 Å². The summed E-state index contributed by atoms with van der Waals surface area (Å²) in [6, 6.07) is 11.5. The zero-order valence-corrected chi connectivity index (χ0v) is 19.0. The van der Waals surface area contributed by atoms with Gasteiger partial charge in [0.2, 0.25) is 0 Å². The fourth-order valence-corrected chi connectivity index (χ4v) is 5.76. The highest BCUT2D eigenvalue weighted by Crippen LogP contribution is 2.41. The van der Waals surface area contributed by atoms with E-state index >= 15 is 0 Å². The van der Waals surface area contributed by atoms with E-state index in [0.29, 0.717) is 6.04 Å². The molecule has 6 nitrogen and oxygen atoms in total. The molecule has 0 spiro atoms. The maximum Gasteiger partial charge on any atom is 0.170 e. The SMILES string of the molecule is S=C1N[C@@H](c2ccccn2)[C@@H](c2cccn2C2CCCC2)N1CCCN1CCOCC1. The lowest BCUT2D eigenvalue weighted by atomic mass is 10.0. The lowest BCUT2D eigenvalue weighted by Gasteiger charge is -2.31. The van der Waals surface area contributed by atoms with Gasteiger partial charge in [0.1, 0.15) is 0 Å². The first-order valence-electron chi connectivity index (χ1n) is 11.8. The predicted molar refractivity (Wildman–Crippen MR) is 126 cm³/mol. The van der Waals surface area contributed by atoms with Gasteiger partial charge in [0, 0.05) is 50.3 Å². The largest absolute Gasteiger partial charge is 0.379 e. The van der Waals surface area contributed by atoms with Gasteiger partial charge in [-0.05, 0) is 55.7 Å². The van der Waals surface area contributed by atoms with Gasteiger partial charge in [0.15, 0.2) is 5.11 Å². The minimum atomic E-state index is 0.0761. The number of hydrogen-bond acceptors (Lipinski definition) is 4. The van der Waals surface area contributed by atoms with Crippen molar-refractivity contribution in [2.45, 2.75) is 50.2 Å². The van der Waals surface area contributed by atoms with Crippen LogP contribution in [0.15, 0.2) is 42.7 Å². The van der Waals surface area contributed by atoms with E-state index in [0.717, 1.165) is 56.6 Å². The zero-order chi connectivity index (χ0) is 21.0. The normalized spacial score (nSPS) is 25.3. The molecule has 1 saturated carbocycles. The topological polar surface area (TPSA) is 45.6 Å². The summed E-state index contributed by atoms with van der Waals surface area (Å²) in [5.41, 5.74) is 2.42. The quantitative estimate of drug-likeness (QED) is 0.664. The smallest absolute Gasteiger partial charge is 0.170 e. The van der Waals surface area contributed by atoms with E-state index in [1.807, 2.05) is 12.3 Å². The van der Waals surface area contributed by atoms with E-state index in [-0.39, 0.29) is 12.1 Å². The number of hydrogen-bond donors (Lipinski definition) is 1. The molecule has 0 unspecified atom stereocenters. The van der Waals surface area contributed by atoms with Crippen LogP contribution in [0, 0.1) is 0 Å². The molecule has 0 bridgehead atoms. The Morgan fingerprint density at radius 3 is 2.68 bits per heavy atom. The number of rotatable bonds is 7. The molecular formula is C24H33N5OS. The number of nitrogens with zero attached hydrogens (tertiary/aromatic N) is 4. The Morgan fingerprint density at radius 2 is 1.90 bits per heavy atom. The van der Waals surface area contributed by atoms with Crippen LogP contribution in [0.2, 0.25) is 0 Å². The van der Waals surface area contributed by atoms with E-state index in [4.69, 9.17) is 21.9 Å². The molecule has 0 amide bonds. The number of aromatic nitrogens is 2. The summed E-state index contributed by atoms with van der Waals surface area (Å²) in [6.45, 7) is 5.81. The molecule has 2 saturated heterocycles. The molecule has 166 valence electrons. The van der Waals surface area contributed by atoms with Crippen LogP contribution in [0.1, 0.15) is 61.6 Å². The summed E-state index contributed by atoms with van der Waals surface area (Å²) in [5.74, 6) is 0. The second-order valence-electron chi connectivity index (χ2n) is 8.91. The lowest BCUT2D eigenvalue weighted by molar-refractivity contribution is 0.0365. The third-order valence-electron chi connectivity index (χ3n) is 7.01. The van der Waals surface area contributed by atoms with Crippen LogP contribution in [0.4, 0.5) is 0 Å². The van der Waals surface area contributed by atoms with Crippen LogP contribution in [-0.4, -0.2) is 63.9 Å². The summed E-state index contributed by atoms with van der Waals surface area (Å²) >= 11 is 5.86. The number of pyridine rings is 1. The standard InChI is InChI=1S/C24H33N5OS/c31-24-26-22(20-9-3-4-11-25-20)23(21-10-5-13-28(21)19-7-1-2-8-19)29(24)14-6-12-27-15-17-30-18-16-27/h3-5,9-11,13,19,22-23H,1-2,6-8,12,14-18H2,(H,26,31)/t22-,23+/m0/s1. The minimum absolute atomic E-state index is 0.0761. The molecule has 2 aromatic heterocycles. The fourth-order valence-electron chi connectivity index (χ4n) is 5.43. The maximum absolute atomic E-state index is 5.86. The fraction of sp³-hybridized carbons (Fsp3) is 0.583. The van der Waals surface area contributed by atoms with Crippen LogP contribution >= 0.6 is 12.2 Å². The Kier molecular flexibility index (Phi) is 6.53.